The Bertz CT molecular complexity index is 887. The zero-order chi connectivity index (χ0) is 18.6. The van der Waals surface area contributed by atoms with Crippen molar-refractivity contribution in [1.82, 2.24) is 20.1 Å². The van der Waals surface area contributed by atoms with E-state index in [-0.39, 0.29) is 12.0 Å². The molecule has 3 heterocycles. The molecular weight excluding hydrogens is 364 g/mol. The minimum Gasteiger partial charge on any atom is -0.473 e. The van der Waals surface area contributed by atoms with Crippen molar-refractivity contribution in [2.45, 2.75) is 31.1 Å². The number of ether oxygens (including phenoxy) is 1. The molecule has 4 rings (SSSR count). The third-order valence-electron chi connectivity index (χ3n) is 4.45. The Hall–Kier alpha value is -2.61. The summed E-state index contributed by atoms with van der Waals surface area (Å²) in [5.41, 5.74) is 2.41. The van der Waals surface area contributed by atoms with E-state index in [1.807, 2.05) is 48.2 Å². The van der Waals surface area contributed by atoms with Crippen LogP contribution in [-0.2, 0) is 4.79 Å². The van der Waals surface area contributed by atoms with Gasteiger partial charge < -0.3 is 14.1 Å². The Balaban J connectivity index is 1.25. The number of likely N-dealkylation sites (tertiary alicyclic amines) is 1. The van der Waals surface area contributed by atoms with Crippen molar-refractivity contribution in [2.24, 2.45) is 0 Å². The molecule has 1 aromatic carbocycles. The van der Waals surface area contributed by atoms with Gasteiger partial charge in [-0.15, -0.1) is 5.10 Å². The first kappa shape index (κ1) is 17.8. The Labute approximate surface area is 161 Å². The third-order valence-corrected chi connectivity index (χ3v) is 5.26. The van der Waals surface area contributed by atoms with Crippen LogP contribution in [0.4, 0.5) is 0 Å². The Morgan fingerprint density at radius 2 is 2.04 bits per heavy atom. The quantitative estimate of drug-likeness (QED) is 0.625. The lowest BCUT2D eigenvalue weighted by Crippen LogP contribution is -2.42. The summed E-state index contributed by atoms with van der Waals surface area (Å²) in [6.45, 7) is 3.24. The van der Waals surface area contributed by atoms with E-state index in [2.05, 4.69) is 15.2 Å². The van der Waals surface area contributed by atoms with Gasteiger partial charge in [-0.05, 0) is 25.1 Å². The van der Waals surface area contributed by atoms with Crippen LogP contribution in [0.25, 0.3) is 11.1 Å². The van der Waals surface area contributed by atoms with Gasteiger partial charge in [-0.3, -0.25) is 4.79 Å². The van der Waals surface area contributed by atoms with Crippen molar-refractivity contribution in [3.05, 3.63) is 42.1 Å². The largest absolute Gasteiger partial charge is 0.473 e. The fourth-order valence-electron chi connectivity index (χ4n) is 2.97. The van der Waals surface area contributed by atoms with Gasteiger partial charge in [0.2, 0.25) is 11.8 Å². The molecule has 0 N–H and O–H groups in total. The van der Waals surface area contributed by atoms with Crippen LogP contribution in [0.5, 0.6) is 5.88 Å². The van der Waals surface area contributed by atoms with Crippen molar-refractivity contribution < 1.29 is 13.9 Å². The number of para-hydroxylation sites is 2. The molecule has 2 aromatic heterocycles. The number of rotatable bonds is 5. The van der Waals surface area contributed by atoms with Gasteiger partial charge in [-0.1, -0.05) is 23.9 Å². The van der Waals surface area contributed by atoms with Crippen LogP contribution >= 0.6 is 11.8 Å². The molecule has 1 amide bonds. The van der Waals surface area contributed by atoms with Crippen LogP contribution in [0.2, 0.25) is 0 Å². The highest BCUT2D eigenvalue weighted by Crippen LogP contribution is 2.24. The Morgan fingerprint density at radius 3 is 2.78 bits per heavy atom. The molecule has 0 atom stereocenters. The molecular formula is C19H20N4O3S. The molecule has 8 heteroatoms. The third kappa shape index (κ3) is 4.39. The second-order valence-corrected chi connectivity index (χ2v) is 7.37. The monoisotopic (exact) mass is 384 g/mol. The number of oxazole rings is 1. The maximum absolute atomic E-state index is 12.5. The average molecular weight is 384 g/mol. The van der Waals surface area contributed by atoms with E-state index in [9.17, 15) is 4.79 Å². The number of benzene rings is 1. The minimum absolute atomic E-state index is 0.0655. The number of carbonyl (C=O) groups excluding carboxylic acids is 1. The van der Waals surface area contributed by atoms with E-state index >= 15 is 0 Å². The normalized spacial score (nSPS) is 15.2. The molecule has 140 valence electrons. The van der Waals surface area contributed by atoms with E-state index in [0.29, 0.717) is 29.9 Å². The topological polar surface area (TPSA) is 81.4 Å². The lowest BCUT2D eigenvalue weighted by molar-refractivity contribution is -0.130. The minimum atomic E-state index is 0.0655. The maximum Gasteiger partial charge on any atom is 0.257 e. The van der Waals surface area contributed by atoms with Crippen molar-refractivity contribution in [1.29, 1.82) is 0 Å². The number of amides is 1. The van der Waals surface area contributed by atoms with Crippen LogP contribution < -0.4 is 4.74 Å². The summed E-state index contributed by atoms with van der Waals surface area (Å²) >= 11 is 1.33. The number of aromatic nitrogens is 3. The number of hydrogen-bond donors (Lipinski definition) is 0. The molecule has 0 saturated carbocycles. The molecule has 0 unspecified atom stereocenters. The van der Waals surface area contributed by atoms with E-state index in [1.165, 1.54) is 11.8 Å². The van der Waals surface area contributed by atoms with Gasteiger partial charge in [0.25, 0.3) is 5.22 Å². The predicted octanol–water partition coefficient (Wildman–Crippen LogP) is 3.09. The first-order valence-corrected chi connectivity index (χ1v) is 9.89. The van der Waals surface area contributed by atoms with Crippen molar-refractivity contribution in [2.75, 3.05) is 18.8 Å². The number of nitrogens with zero attached hydrogens (tertiary/aromatic N) is 4. The van der Waals surface area contributed by atoms with E-state index < -0.39 is 0 Å². The van der Waals surface area contributed by atoms with Gasteiger partial charge in [0.1, 0.15) is 11.6 Å². The number of piperidine rings is 1. The molecule has 1 saturated heterocycles. The number of carbonyl (C=O) groups is 1. The van der Waals surface area contributed by atoms with Crippen molar-refractivity contribution in [3.8, 4) is 5.88 Å². The van der Waals surface area contributed by atoms with Gasteiger partial charge in [-0.25, -0.2) is 4.98 Å². The summed E-state index contributed by atoms with van der Waals surface area (Å²) in [4.78, 5) is 18.7. The zero-order valence-electron chi connectivity index (χ0n) is 15.0. The molecule has 1 aliphatic heterocycles. The van der Waals surface area contributed by atoms with Crippen LogP contribution in [0.15, 0.2) is 46.0 Å². The summed E-state index contributed by atoms with van der Waals surface area (Å²) in [5, 5.41) is 8.56. The summed E-state index contributed by atoms with van der Waals surface area (Å²) < 4.78 is 11.5. The SMILES string of the molecule is Cc1ccc(OC2CCN(C(=O)CSc3nc4ccccc4o3)CC2)nn1. The fourth-order valence-corrected chi connectivity index (χ4v) is 3.71. The smallest absolute Gasteiger partial charge is 0.257 e. The Morgan fingerprint density at radius 1 is 1.22 bits per heavy atom. The van der Waals surface area contributed by atoms with Gasteiger partial charge >= 0.3 is 0 Å². The lowest BCUT2D eigenvalue weighted by Gasteiger charge is -2.31. The van der Waals surface area contributed by atoms with Gasteiger partial charge in [0.15, 0.2) is 5.58 Å². The highest BCUT2D eigenvalue weighted by molar-refractivity contribution is 7.99. The van der Waals surface area contributed by atoms with Crippen LogP contribution in [0.3, 0.4) is 0 Å². The van der Waals surface area contributed by atoms with Crippen molar-refractivity contribution >= 4 is 28.8 Å². The summed E-state index contributed by atoms with van der Waals surface area (Å²) in [5.74, 6) is 0.953. The van der Waals surface area contributed by atoms with Crippen molar-refractivity contribution in [3.63, 3.8) is 0 Å². The molecule has 0 aliphatic carbocycles. The fraction of sp³-hybridized carbons (Fsp3) is 0.368. The number of hydrogen-bond acceptors (Lipinski definition) is 7. The highest BCUT2D eigenvalue weighted by atomic mass is 32.2. The molecule has 0 bridgehead atoms. The summed E-state index contributed by atoms with van der Waals surface area (Å²) in [6, 6.07) is 11.3. The average Bonchev–Trinajstić information content (AvgIpc) is 3.11. The molecule has 0 radical (unpaired) electrons. The molecule has 1 aliphatic rings. The van der Waals surface area contributed by atoms with Crippen LogP contribution in [0.1, 0.15) is 18.5 Å². The standard InChI is InChI=1S/C19H20N4O3S/c1-13-6-7-17(22-21-13)25-14-8-10-23(11-9-14)18(24)12-27-19-20-15-4-2-3-5-16(15)26-19/h2-7,14H,8-12H2,1H3. The zero-order valence-corrected chi connectivity index (χ0v) is 15.8. The second kappa shape index (κ2) is 7.96. The molecule has 1 fully saturated rings. The van der Waals surface area contributed by atoms with Gasteiger partial charge in [0.05, 0.1) is 11.4 Å². The molecule has 3 aromatic rings. The molecule has 0 spiro atoms. The number of thioether (sulfide) groups is 1. The van der Waals surface area contributed by atoms with Gasteiger partial charge in [-0.2, -0.15) is 5.10 Å². The lowest BCUT2D eigenvalue weighted by atomic mass is 10.1. The van der Waals surface area contributed by atoms with E-state index in [0.717, 1.165) is 29.6 Å². The number of fused-ring (bicyclic) bond motifs is 1. The first-order chi connectivity index (χ1) is 13.2. The van der Waals surface area contributed by atoms with E-state index in [1.54, 1.807) is 0 Å². The number of aryl methyl sites for hydroxylation is 1. The first-order valence-electron chi connectivity index (χ1n) is 8.90. The predicted molar refractivity (Wildman–Crippen MR) is 102 cm³/mol. The molecule has 7 nitrogen and oxygen atoms in total. The Kier molecular flexibility index (Phi) is 5.24. The summed E-state index contributed by atoms with van der Waals surface area (Å²) in [6.07, 6.45) is 1.64. The van der Waals surface area contributed by atoms with E-state index in [4.69, 9.17) is 9.15 Å². The van der Waals surface area contributed by atoms with Crippen LogP contribution in [0, 0.1) is 6.92 Å². The summed E-state index contributed by atoms with van der Waals surface area (Å²) in [7, 11) is 0. The van der Waals surface area contributed by atoms with Crippen LogP contribution in [-0.4, -0.2) is 50.9 Å². The maximum atomic E-state index is 12.5. The molecule has 27 heavy (non-hydrogen) atoms. The highest BCUT2D eigenvalue weighted by Gasteiger charge is 2.24. The van der Waals surface area contributed by atoms with Gasteiger partial charge in [0, 0.05) is 32.0 Å². The second-order valence-electron chi connectivity index (χ2n) is 6.45.